The molecule has 0 aliphatic heterocycles. The minimum absolute atomic E-state index is 0.115. The SMILES string of the molecule is CCC(c1nc(C(F)(F)F)c(Br)c(=O)n1Cc1cscn1)N(CCNC)C(=O)c1cc[n+]([O-])cc1. The first kappa shape index (κ1) is 26.8. The number of halogens is 4. The van der Waals surface area contributed by atoms with Crippen molar-refractivity contribution in [1.82, 2.24) is 24.8 Å². The van der Waals surface area contributed by atoms with E-state index in [9.17, 15) is 28.0 Å². The van der Waals surface area contributed by atoms with E-state index in [-0.39, 0.29) is 30.9 Å². The van der Waals surface area contributed by atoms with Crippen LogP contribution < -0.4 is 15.6 Å². The lowest BCUT2D eigenvalue weighted by Crippen LogP contribution is -2.42. The summed E-state index contributed by atoms with van der Waals surface area (Å²) in [6.07, 6.45) is -2.41. The van der Waals surface area contributed by atoms with E-state index in [0.717, 1.165) is 17.0 Å². The average Bonchev–Trinajstić information content (AvgIpc) is 3.33. The molecule has 0 aliphatic carbocycles. The molecule has 0 radical (unpaired) electrons. The number of carbonyl (C=O) groups is 1. The molecule has 14 heteroatoms. The molecule has 0 aliphatic rings. The van der Waals surface area contributed by atoms with Gasteiger partial charge in [-0.3, -0.25) is 14.2 Å². The number of thiazole rings is 1. The molecule has 0 saturated carbocycles. The average molecular weight is 575 g/mol. The highest BCUT2D eigenvalue weighted by Gasteiger charge is 2.39. The van der Waals surface area contributed by atoms with E-state index in [0.29, 0.717) is 17.0 Å². The number of alkyl halides is 3. The van der Waals surface area contributed by atoms with E-state index >= 15 is 0 Å². The zero-order chi connectivity index (χ0) is 25.8. The van der Waals surface area contributed by atoms with E-state index in [4.69, 9.17) is 0 Å². The molecule has 188 valence electrons. The van der Waals surface area contributed by atoms with Crippen molar-refractivity contribution >= 4 is 33.2 Å². The Kier molecular flexibility index (Phi) is 8.61. The van der Waals surface area contributed by atoms with Gasteiger partial charge in [0.2, 0.25) is 0 Å². The molecule has 0 saturated heterocycles. The summed E-state index contributed by atoms with van der Waals surface area (Å²) in [6.45, 7) is 2.02. The minimum Gasteiger partial charge on any atom is -0.619 e. The van der Waals surface area contributed by atoms with Gasteiger partial charge in [0.15, 0.2) is 18.1 Å². The predicted molar refractivity (Wildman–Crippen MR) is 126 cm³/mol. The maximum absolute atomic E-state index is 13.8. The van der Waals surface area contributed by atoms with E-state index in [1.54, 1.807) is 24.9 Å². The van der Waals surface area contributed by atoms with Gasteiger partial charge in [-0.05, 0) is 29.4 Å². The van der Waals surface area contributed by atoms with E-state index in [1.807, 2.05) is 0 Å². The highest BCUT2D eigenvalue weighted by atomic mass is 79.9. The maximum Gasteiger partial charge on any atom is 0.434 e. The van der Waals surface area contributed by atoms with Crippen LogP contribution in [0.4, 0.5) is 13.2 Å². The van der Waals surface area contributed by atoms with Crippen molar-refractivity contribution in [2.45, 2.75) is 32.1 Å². The van der Waals surface area contributed by atoms with Crippen LogP contribution in [0.25, 0.3) is 0 Å². The van der Waals surface area contributed by atoms with Gasteiger partial charge in [-0.2, -0.15) is 17.9 Å². The Morgan fingerprint density at radius 2 is 2.06 bits per heavy atom. The number of pyridine rings is 1. The van der Waals surface area contributed by atoms with Gasteiger partial charge in [-0.1, -0.05) is 6.92 Å². The zero-order valence-corrected chi connectivity index (χ0v) is 21.2. The van der Waals surface area contributed by atoms with Crippen LogP contribution in [0.1, 0.15) is 47.0 Å². The smallest absolute Gasteiger partial charge is 0.434 e. The van der Waals surface area contributed by atoms with Gasteiger partial charge >= 0.3 is 6.18 Å². The molecule has 0 fully saturated rings. The van der Waals surface area contributed by atoms with Crippen LogP contribution in [0, 0.1) is 5.21 Å². The molecule has 1 unspecified atom stereocenters. The fourth-order valence-electron chi connectivity index (χ4n) is 3.52. The molecule has 3 heterocycles. The van der Waals surface area contributed by atoms with Crippen molar-refractivity contribution in [3.63, 3.8) is 0 Å². The molecule has 3 rings (SSSR count). The summed E-state index contributed by atoms with van der Waals surface area (Å²) < 4.78 is 42.2. The summed E-state index contributed by atoms with van der Waals surface area (Å²) in [5.74, 6) is -0.723. The Morgan fingerprint density at radius 1 is 1.37 bits per heavy atom. The molecule has 35 heavy (non-hydrogen) atoms. The Labute approximate surface area is 211 Å². The fourth-order valence-corrected chi connectivity index (χ4v) is 4.59. The lowest BCUT2D eigenvalue weighted by atomic mass is 10.1. The van der Waals surface area contributed by atoms with Gasteiger partial charge in [-0.25, -0.2) is 9.97 Å². The van der Waals surface area contributed by atoms with Crippen LogP contribution in [0.15, 0.2) is 44.7 Å². The topological polar surface area (TPSA) is 107 Å². The standard InChI is InChI=1S/C21H22BrF3N6O3S/c1-3-15(30(9-6-26-2)19(32)13-4-7-29(34)8-5-13)18-28-17(21(23,24)25)16(22)20(33)31(18)10-14-11-35-12-27-14/h4-5,7-8,11-12,15,26H,3,6,9-10H2,1-2H3. The molecule has 0 spiro atoms. The first-order valence-corrected chi connectivity index (χ1v) is 12.2. The summed E-state index contributed by atoms with van der Waals surface area (Å²) in [4.78, 5) is 35.9. The van der Waals surface area contributed by atoms with E-state index < -0.39 is 33.9 Å². The Morgan fingerprint density at radius 3 is 2.60 bits per heavy atom. The Balaban J connectivity index is 2.20. The second-order valence-electron chi connectivity index (χ2n) is 7.47. The zero-order valence-electron chi connectivity index (χ0n) is 18.8. The first-order valence-electron chi connectivity index (χ1n) is 10.5. The molecule has 1 atom stereocenters. The third kappa shape index (κ3) is 6.05. The first-order chi connectivity index (χ1) is 16.6. The quantitative estimate of drug-likeness (QED) is 0.311. The fraction of sp³-hybridized carbons (Fsp3) is 0.381. The molecular formula is C21H22BrF3N6O3S. The van der Waals surface area contributed by atoms with Crippen LogP contribution in [0.2, 0.25) is 0 Å². The normalized spacial score (nSPS) is 12.5. The largest absolute Gasteiger partial charge is 0.619 e. The van der Waals surface area contributed by atoms with Gasteiger partial charge in [0, 0.05) is 30.6 Å². The van der Waals surface area contributed by atoms with Gasteiger partial charge in [-0.15, -0.1) is 11.3 Å². The van der Waals surface area contributed by atoms with E-state index in [1.165, 1.54) is 28.4 Å². The van der Waals surface area contributed by atoms with Crippen molar-refractivity contribution in [1.29, 1.82) is 0 Å². The van der Waals surface area contributed by atoms with Crippen molar-refractivity contribution in [2.75, 3.05) is 20.1 Å². The van der Waals surface area contributed by atoms with Crippen molar-refractivity contribution in [2.24, 2.45) is 0 Å². The van der Waals surface area contributed by atoms with Gasteiger partial charge < -0.3 is 15.4 Å². The molecule has 3 aromatic heterocycles. The van der Waals surface area contributed by atoms with Gasteiger partial charge in [0.25, 0.3) is 11.5 Å². The minimum atomic E-state index is -4.90. The monoisotopic (exact) mass is 574 g/mol. The number of likely N-dealkylation sites (N-methyl/N-ethyl adjacent to an activating group) is 1. The highest BCUT2D eigenvalue weighted by Crippen LogP contribution is 2.34. The third-order valence-electron chi connectivity index (χ3n) is 5.19. The van der Waals surface area contributed by atoms with Crippen molar-refractivity contribution < 1.29 is 22.7 Å². The van der Waals surface area contributed by atoms with E-state index in [2.05, 4.69) is 31.2 Å². The number of amides is 1. The van der Waals surface area contributed by atoms with Crippen LogP contribution in [-0.2, 0) is 12.7 Å². The Bertz CT molecular complexity index is 1220. The molecule has 0 bridgehead atoms. The molecule has 9 nitrogen and oxygen atoms in total. The summed E-state index contributed by atoms with van der Waals surface area (Å²) in [6, 6.07) is 1.68. The summed E-state index contributed by atoms with van der Waals surface area (Å²) in [5, 5.41) is 16.0. The second kappa shape index (κ2) is 11.3. The van der Waals surface area contributed by atoms with Gasteiger partial charge in [0.05, 0.1) is 29.4 Å². The maximum atomic E-state index is 13.8. The van der Waals surface area contributed by atoms with Crippen molar-refractivity contribution in [3.8, 4) is 0 Å². The number of nitrogens with zero attached hydrogens (tertiary/aromatic N) is 5. The van der Waals surface area contributed by atoms with Crippen LogP contribution in [0.3, 0.4) is 0 Å². The number of aromatic nitrogens is 4. The Hall–Kier alpha value is -2.84. The number of hydrogen-bond donors (Lipinski definition) is 1. The van der Waals surface area contributed by atoms with Crippen LogP contribution >= 0.6 is 27.3 Å². The predicted octanol–water partition coefficient (Wildman–Crippen LogP) is 2.98. The molecule has 3 aromatic rings. The molecular weight excluding hydrogens is 553 g/mol. The number of rotatable bonds is 9. The number of nitrogens with one attached hydrogen (secondary N) is 1. The molecule has 1 amide bonds. The highest BCUT2D eigenvalue weighted by molar-refractivity contribution is 9.10. The van der Waals surface area contributed by atoms with Crippen LogP contribution in [-0.4, -0.2) is 45.5 Å². The number of carbonyl (C=O) groups excluding carboxylic acids is 1. The second-order valence-corrected chi connectivity index (χ2v) is 8.99. The molecule has 1 N–H and O–H groups in total. The third-order valence-corrected chi connectivity index (χ3v) is 6.54. The molecule has 0 aromatic carbocycles. The van der Waals surface area contributed by atoms with Gasteiger partial charge in [0.1, 0.15) is 10.3 Å². The summed E-state index contributed by atoms with van der Waals surface area (Å²) in [5.41, 5.74) is -0.101. The summed E-state index contributed by atoms with van der Waals surface area (Å²) in [7, 11) is 1.67. The number of hydrogen-bond acceptors (Lipinski definition) is 7. The lowest BCUT2D eigenvalue weighted by Gasteiger charge is -2.32. The van der Waals surface area contributed by atoms with Crippen LogP contribution in [0.5, 0.6) is 0 Å². The lowest BCUT2D eigenvalue weighted by molar-refractivity contribution is -0.605. The van der Waals surface area contributed by atoms with Crippen molar-refractivity contribution in [3.05, 3.63) is 78.2 Å². The summed E-state index contributed by atoms with van der Waals surface area (Å²) >= 11 is 4.05.